The summed E-state index contributed by atoms with van der Waals surface area (Å²) in [6.45, 7) is 4.14. The van der Waals surface area contributed by atoms with E-state index >= 15 is 0 Å². The molecule has 106 valence electrons. The molecule has 0 spiro atoms. The first kappa shape index (κ1) is 14.9. The Hall–Kier alpha value is -1.48. The number of benzene rings is 2. The van der Waals surface area contributed by atoms with Crippen LogP contribution in [-0.4, -0.2) is 16.9 Å². The van der Waals surface area contributed by atoms with Crippen LogP contribution in [0.1, 0.15) is 26.7 Å². The van der Waals surface area contributed by atoms with Gasteiger partial charge in [-0.3, -0.25) is 4.79 Å². The second-order valence-electron chi connectivity index (χ2n) is 4.88. The van der Waals surface area contributed by atoms with E-state index in [0.717, 1.165) is 28.6 Å². The summed E-state index contributed by atoms with van der Waals surface area (Å²) in [6, 6.07) is 14.1. The molecule has 1 atom stereocenters. The molecule has 0 saturated carbocycles. The first-order valence-electron chi connectivity index (χ1n) is 7.12. The van der Waals surface area contributed by atoms with Crippen LogP contribution in [0.3, 0.4) is 0 Å². The van der Waals surface area contributed by atoms with Crippen LogP contribution >= 0.6 is 11.8 Å². The summed E-state index contributed by atoms with van der Waals surface area (Å²) in [5.41, 5.74) is 0.899. The molecule has 0 fully saturated rings. The van der Waals surface area contributed by atoms with E-state index < -0.39 is 0 Å². The molecule has 2 aromatic carbocycles. The average Bonchev–Trinajstić information content (AvgIpc) is 2.47. The maximum atomic E-state index is 12.2. The zero-order valence-electron chi connectivity index (χ0n) is 12.1. The number of rotatable bonds is 6. The lowest BCUT2D eigenvalue weighted by atomic mass is 10.1. The highest BCUT2D eigenvalue weighted by atomic mass is 32.2. The van der Waals surface area contributed by atoms with Crippen molar-refractivity contribution in [1.82, 2.24) is 0 Å². The molecule has 0 aliphatic rings. The predicted octanol–water partition coefficient (Wildman–Crippen LogP) is 4.70. The molecule has 1 amide bonds. The van der Waals surface area contributed by atoms with Crippen LogP contribution < -0.4 is 5.32 Å². The van der Waals surface area contributed by atoms with Gasteiger partial charge >= 0.3 is 0 Å². The van der Waals surface area contributed by atoms with Gasteiger partial charge in [0.1, 0.15) is 0 Å². The summed E-state index contributed by atoms with van der Waals surface area (Å²) in [7, 11) is 0. The smallest absolute Gasteiger partial charge is 0.237 e. The molecule has 0 saturated heterocycles. The first-order chi connectivity index (χ1) is 9.72. The number of unbranched alkanes of at least 4 members (excludes halogenated alkanes) is 1. The third kappa shape index (κ3) is 3.76. The van der Waals surface area contributed by atoms with Gasteiger partial charge < -0.3 is 5.32 Å². The zero-order valence-corrected chi connectivity index (χ0v) is 12.9. The summed E-state index contributed by atoms with van der Waals surface area (Å²) >= 11 is 1.72. The van der Waals surface area contributed by atoms with Gasteiger partial charge in [0.2, 0.25) is 5.91 Å². The van der Waals surface area contributed by atoms with Gasteiger partial charge in [-0.25, -0.2) is 0 Å². The van der Waals surface area contributed by atoms with Crippen molar-refractivity contribution in [3.63, 3.8) is 0 Å². The summed E-state index contributed by atoms with van der Waals surface area (Å²) in [4.78, 5) is 12.2. The zero-order chi connectivity index (χ0) is 14.4. The Morgan fingerprint density at radius 2 is 1.95 bits per heavy atom. The van der Waals surface area contributed by atoms with E-state index in [-0.39, 0.29) is 11.2 Å². The minimum absolute atomic E-state index is 0.0134. The lowest BCUT2D eigenvalue weighted by Gasteiger charge is -2.13. The van der Waals surface area contributed by atoms with Crippen molar-refractivity contribution >= 4 is 34.1 Å². The molecule has 0 heterocycles. The van der Waals surface area contributed by atoms with Gasteiger partial charge in [0, 0.05) is 11.1 Å². The van der Waals surface area contributed by atoms with Crippen molar-refractivity contribution in [2.45, 2.75) is 31.9 Å². The maximum Gasteiger partial charge on any atom is 0.237 e. The number of amides is 1. The largest absolute Gasteiger partial charge is 0.325 e. The minimum Gasteiger partial charge on any atom is -0.325 e. The number of carbonyl (C=O) groups is 1. The Bertz CT molecular complexity index is 577. The van der Waals surface area contributed by atoms with E-state index in [1.165, 1.54) is 6.42 Å². The van der Waals surface area contributed by atoms with Crippen molar-refractivity contribution in [2.75, 3.05) is 11.1 Å². The number of carbonyl (C=O) groups excluding carboxylic acids is 1. The van der Waals surface area contributed by atoms with Crippen LogP contribution in [0.15, 0.2) is 42.5 Å². The number of hydrogen-bond acceptors (Lipinski definition) is 2. The number of fused-ring (bicyclic) bond motifs is 1. The fourth-order valence-corrected chi connectivity index (χ4v) is 3.07. The molecule has 1 N–H and O–H groups in total. The summed E-state index contributed by atoms with van der Waals surface area (Å²) in [5, 5.41) is 5.28. The number of hydrogen-bond donors (Lipinski definition) is 1. The van der Waals surface area contributed by atoms with E-state index in [9.17, 15) is 4.79 Å². The van der Waals surface area contributed by atoms with Gasteiger partial charge in [-0.05, 0) is 30.6 Å². The van der Waals surface area contributed by atoms with E-state index in [1.54, 1.807) is 11.8 Å². The Labute approximate surface area is 125 Å². The van der Waals surface area contributed by atoms with Gasteiger partial charge in [0.15, 0.2) is 0 Å². The van der Waals surface area contributed by atoms with Crippen molar-refractivity contribution in [3.05, 3.63) is 42.5 Å². The Kier molecular flexibility index (Phi) is 5.48. The minimum atomic E-state index is -0.0134. The average molecular weight is 287 g/mol. The molecular formula is C17H21NOS. The van der Waals surface area contributed by atoms with Gasteiger partial charge in [0.05, 0.1) is 5.25 Å². The molecule has 0 aliphatic carbocycles. The highest BCUT2D eigenvalue weighted by Crippen LogP contribution is 2.24. The summed E-state index contributed by atoms with van der Waals surface area (Å²) in [6.07, 6.45) is 2.33. The third-order valence-electron chi connectivity index (χ3n) is 3.28. The molecule has 0 radical (unpaired) electrons. The fraction of sp³-hybridized carbons (Fsp3) is 0.353. The Morgan fingerprint density at radius 1 is 1.20 bits per heavy atom. The Morgan fingerprint density at radius 3 is 2.75 bits per heavy atom. The topological polar surface area (TPSA) is 29.1 Å². The molecule has 1 unspecified atom stereocenters. The standard InChI is InChI=1S/C17H21NOS/c1-3-4-12-20-13(2)17(19)18-16-11-7-9-14-8-5-6-10-15(14)16/h5-11,13H,3-4,12H2,1-2H3,(H,18,19). The molecule has 0 aliphatic heterocycles. The monoisotopic (exact) mass is 287 g/mol. The van der Waals surface area contributed by atoms with Crippen LogP contribution in [0.25, 0.3) is 10.8 Å². The second kappa shape index (κ2) is 7.34. The van der Waals surface area contributed by atoms with E-state index in [0.29, 0.717) is 0 Å². The van der Waals surface area contributed by atoms with Crippen molar-refractivity contribution in [3.8, 4) is 0 Å². The van der Waals surface area contributed by atoms with Crippen LogP contribution in [-0.2, 0) is 4.79 Å². The van der Waals surface area contributed by atoms with Crippen molar-refractivity contribution < 1.29 is 4.79 Å². The lowest BCUT2D eigenvalue weighted by molar-refractivity contribution is -0.115. The van der Waals surface area contributed by atoms with Crippen molar-refractivity contribution in [1.29, 1.82) is 0 Å². The van der Waals surface area contributed by atoms with Crippen LogP contribution in [0.2, 0.25) is 0 Å². The normalized spacial score (nSPS) is 12.3. The van der Waals surface area contributed by atoms with Gasteiger partial charge in [-0.2, -0.15) is 0 Å². The number of thioether (sulfide) groups is 1. The van der Waals surface area contributed by atoms with E-state index in [2.05, 4.69) is 24.4 Å². The summed E-state index contributed by atoms with van der Waals surface area (Å²) < 4.78 is 0. The predicted molar refractivity (Wildman–Crippen MR) is 89.4 cm³/mol. The van der Waals surface area contributed by atoms with Gasteiger partial charge in [-0.15, -0.1) is 11.8 Å². The second-order valence-corrected chi connectivity index (χ2v) is 6.33. The highest BCUT2D eigenvalue weighted by molar-refractivity contribution is 8.00. The van der Waals surface area contributed by atoms with Crippen LogP contribution in [0, 0.1) is 0 Å². The maximum absolute atomic E-state index is 12.2. The lowest BCUT2D eigenvalue weighted by Crippen LogP contribution is -2.22. The molecule has 20 heavy (non-hydrogen) atoms. The quantitative estimate of drug-likeness (QED) is 0.780. The van der Waals surface area contributed by atoms with Gasteiger partial charge in [0.25, 0.3) is 0 Å². The first-order valence-corrected chi connectivity index (χ1v) is 8.17. The molecule has 0 aromatic heterocycles. The number of anilines is 1. The molecule has 2 rings (SSSR count). The van der Waals surface area contributed by atoms with Gasteiger partial charge in [-0.1, -0.05) is 49.7 Å². The SMILES string of the molecule is CCCCSC(C)C(=O)Nc1cccc2ccccc12. The molecule has 2 aromatic rings. The number of nitrogens with one attached hydrogen (secondary N) is 1. The highest BCUT2D eigenvalue weighted by Gasteiger charge is 2.14. The Balaban J connectivity index is 2.06. The van der Waals surface area contributed by atoms with Crippen LogP contribution in [0.5, 0.6) is 0 Å². The summed E-state index contributed by atoms with van der Waals surface area (Å²) in [5.74, 6) is 1.13. The molecule has 2 nitrogen and oxygen atoms in total. The molecular weight excluding hydrogens is 266 g/mol. The van der Waals surface area contributed by atoms with Crippen molar-refractivity contribution in [2.24, 2.45) is 0 Å². The fourth-order valence-electron chi connectivity index (χ4n) is 2.05. The molecule has 0 bridgehead atoms. The third-order valence-corrected chi connectivity index (χ3v) is 4.52. The van der Waals surface area contributed by atoms with Crippen LogP contribution in [0.4, 0.5) is 5.69 Å². The van der Waals surface area contributed by atoms with E-state index in [4.69, 9.17) is 0 Å². The molecule has 3 heteroatoms. The van der Waals surface area contributed by atoms with E-state index in [1.807, 2.05) is 37.3 Å².